The standard InChI is InChI=1S/C16H27NO3/c1-16(2,3)12-6-7-15(20-5)13(10-12)14(19)11-17(4)8-9-18/h6-7,10,14,18-19H,8-9,11H2,1-5H3. The first kappa shape index (κ1) is 17.0. The Balaban J connectivity index is 3.01. The van der Waals surface area contributed by atoms with Crippen molar-refractivity contribution in [2.45, 2.75) is 32.3 Å². The van der Waals surface area contributed by atoms with Crippen LogP contribution < -0.4 is 4.74 Å². The van der Waals surface area contributed by atoms with Crippen molar-refractivity contribution in [2.75, 3.05) is 33.9 Å². The minimum Gasteiger partial charge on any atom is -0.496 e. The molecule has 0 bridgehead atoms. The summed E-state index contributed by atoms with van der Waals surface area (Å²) in [5, 5.41) is 19.3. The Bertz CT molecular complexity index is 426. The van der Waals surface area contributed by atoms with E-state index in [4.69, 9.17) is 9.84 Å². The minimum atomic E-state index is -0.635. The monoisotopic (exact) mass is 281 g/mol. The zero-order chi connectivity index (χ0) is 15.3. The molecule has 114 valence electrons. The van der Waals surface area contributed by atoms with E-state index in [1.807, 2.05) is 30.1 Å². The summed E-state index contributed by atoms with van der Waals surface area (Å²) < 4.78 is 5.35. The smallest absolute Gasteiger partial charge is 0.124 e. The molecule has 2 N–H and O–H groups in total. The molecule has 4 heteroatoms. The van der Waals surface area contributed by atoms with Gasteiger partial charge < -0.3 is 19.8 Å². The average molecular weight is 281 g/mol. The first-order valence-corrected chi connectivity index (χ1v) is 6.95. The highest BCUT2D eigenvalue weighted by molar-refractivity contribution is 5.41. The molecule has 1 atom stereocenters. The van der Waals surface area contributed by atoms with Crippen LogP contribution in [0.15, 0.2) is 18.2 Å². The van der Waals surface area contributed by atoms with Gasteiger partial charge in [-0.2, -0.15) is 0 Å². The molecular weight excluding hydrogens is 254 g/mol. The van der Waals surface area contributed by atoms with Gasteiger partial charge in [0.25, 0.3) is 0 Å². The molecule has 1 aromatic rings. The number of nitrogens with zero attached hydrogens (tertiary/aromatic N) is 1. The second kappa shape index (κ2) is 7.07. The number of aliphatic hydroxyl groups is 2. The van der Waals surface area contributed by atoms with Crippen LogP contribution in [0.3, 0.4) is 0 Å². The van der Waals surface area contributed by atoms with Crippen LogP contribution in [0.4, 0.5) is 0 Å². The molecule has 0 saturated heterocycles. The van der Waals surface area contributed by atoms with Crippen LogP contribution in [0.2, 0.25) is 0 Å². The Kier molecular flexibility index (Phi) is 5.99. The summed E-state index contributed by atoms with van der Waals surface area (Å²) in [6.07, 6.45) is -0.635. The lowest BCUT2D eigenvalue weighted by Crippen LogP contribution is -2.27. The topological polar surface area (TPSA) is 52.9 Å². The SMILES string of the molecule is COc1ccc(C(C)(C)C)cc1C(O)CN(C)CCO. The Hall–Kier alpha value is -1.10. The average Bonchev–Trinajstić information content (AvgIpc) is 2.37. The molecular formula is C16H27NO3. The molecule has 0 spiro atoms. The number of hydrogen-bond acceptors (Lipinski definition) is 4. The number of methoxy groups -OCH3 is 1. The van der Waals surface area contributed by atoms with Crippen LogP contribution in [0.5, 0.6) is 5.75 Å². The van der Waals surface area contributed by atoms with Crippen LogP contribution in [-0.2, 0) is 5.41 Å². The molecule has 0 amide bonds. The molecule has 0 aromatic heterocycles. The minimum absolute atomic E-state index is 0.0255. The highest BCUT2D eigenvalue weighted by Gasteiger charge is 2.20. The summed E-state index contributed by atoms with van der Waals surface area (Å²) in [5.41, 5.74) is 1.99. The first-order valence-electron chi connectivity index (χ1n) is 6.95. The van der Waals surface area contributed by atoms with Crippen molar-refractivity contribution < 1.29 is 14.9 Å². The van der Waals surface area contributed by atoms with E-state index >= 15 is 0 Å². The fourth-order valence-corrected chi connectivity index (χ4v) is 2.12. The largest absolute Gasteiger partial charge is 0.496 e. The third-order valence-electron chi connectivity index (χ3n) is 3.42. The molecule has 0 radical (unpaired) electrons. The van der Waals surface area contributed by atoms with E-state index in [0.717, 1.165) is 11.1 Å². The molecule has 1 rings (SSSR count). The third-order valence-corrected chi connectivity index (χ3v) is 3.42. The Morgan fingerprint density at radius 2 is 1.95 bits per heavy atom. The molecule has 0 saturated carbocycles. The van der Waals surface area contributed by atoms with E-state index in [1.54, 1.807) is 7.11 Å². The lowest BCUT2D eigenvalue weighted by atomic mass is 9.85. The van der Waals surface area contributed by atoms with Crippen LogP contribution in [-0.4, -0.2) is 49.0 Å². The lowest BCUT2D eigenvalue weighted by Gasteiger charge is -2.25. The van der Waals surface area contributed by atoms with Gasteiger partial charge in [-0.05, 0) is 30.2 Å². The van der Waals surface area contributed by atoms with Crippen molar-refractivity contribution in [3.8, 4) is 5.75 Å². The summed E-state index contributed by atoms with van der Waals surface area (Å²) in [7, 11) is 3.49. The Morgan fingerprint density at radius 1 is 1.30 bits per heavy atom. The summed E-state index contributed by atoms with van der Waals surface area (Å²) in [4.78, 5) is 1.90. The predicted octanol–water partition coefficient (Wildman–Crippen LogP) is 1.95. The van der Waals surface area contributed by atoms with Gasteiger partial charge in [-0.15, -0.1) is 0 Å². The van der Waals surface area contributed by atoms with Crippen LogP contribution >= 0.6 is 0 Å². The fraction of sp³-hybridized carbons (Fsp3) is 0.625. The van der Waals surface area contributed by atoms with E-state index in [0.29, 0.717) is 18.8 Å². The lowest BCUT2D eigenvalue weighted by molar-refractivity contribution is 0.112. The van der Waals surface area contributed by atoms with Crippen LogP contribution in [0.25, 0.3) is 0 Å². The predicted molar refractivity (Wildman–Crippen MR) is 81.2 cm³/mol. The van der Waals surface area contributed by atoms with Gasteiger partial charge in [0, 0.05) is 18.7 Å². The molecule has 0 heterocycles. The fourth-order valence-electron chi connectivity index (χ4n) is 2.12. The summed E-state index contributed by atoms with van der Waals surface area (Å²) in [6, 6.07) is 5.95. The molecule has 4 nitrogen and oxygen atoms in total. The van der Waals surface area contributed by atoms with Gasteiger partial charge in [0.15, 0.2) is 0 Å². The molecule has 0 aliphatic rings. The van der Waals surface area contributed by atoms with Crippen molar-refractivity contribution in [3.05, 3.63) is 29.3 Å². The van der Waals surface area contributed by atoms with Crippen LogP contribution in [0, 0.1) is 0 Å². The Labute approximate surface area is 122 Å². The van der Waals surface area contributed by atoms with E-state index < -0.39 is 6.10 Å². The number of benzene rings is 1. The van der Waals surface area contributed by atoms with Crippen molar-refractivity contribution in [3.63, 3.8) is 0 Å². The highest BCUT2D eigenvalue weighted by Crippen LogP contribution is 2.31. The van der Waals surface area contributed by atoms with Crippen molar-refractivity contribution in [1.82, 2.24) is 4.90 Å². The van der Waals surface area contributed by atoms with Crippen LogP contribution in [0.1, 0.15) is 38.0 Å². The number of aliphatic hydroxyl groups excluding tert-OH is 2. The van der Waals surface area contributed by atoms with Gasteiger partial charge in [0.1, 0.15) is 5.75 Å². The second-order valence-electron chi connectivity index (χ2n) is 6.21. The maximum atomic E-state index is 10.4. The zero-order valence-electron chi connectivity index (χ0n) is 13.2. The normalized spacial score (nSPS) is 13.6. The number of rotatable bonds is 6. The van der Waals surface area contributed by atoms with Gasteiger partial charge in [-0.1, -0.05) is 26.8 Å². The van der Waals surface area contributed by atoms with Crippen molar-refractivity contribution >= 4 is 0 Å². The molecule has 20 heavy (non-hydrogen) atoms. The van der Waals surface area contributed by atoms with E-state index in [1.165, 1.54) is 0 Å². The summed E-state index contributed by atoms with van der Waals surface area (Å²) in [6.45, 7) is 7.51. The molecule has 0 aliphatic carbocycles. The summed E-state index contributed by atoms with van der Waals surface area (Å²) >= 11 is 0. The van der Waals surface area contributed by atoms with Crippen molar-refractivity contribution in [2.24, 2.45) is 0 Å². The van der Waals surface area contributed by atoms with Gasteiger partial charge in [-0.3, -0.25) is 0 Å². The van der Waals surface area contributed by atoms with E-state index in [-0.39, 0.29) is 12.0 Å². The second-order valence-corrected chi connectivity index (χ2v) is 6.21. The molecule has 0 fully saturated rings. The first-order chi connectivity index (χ1) is 9.29. The number of ether oxygens (including phenoxy) is 1. The Morgan fingerprint density at radius 3 is 2.45 bits per heavy atom. The van der Waals surface area contributed by atoms with E-state index in [9.17, 15) is 5.11 Å². The highest BCUT2D eigenvalue weighted by atomic mass is 16.5. The summed E-state index contributed by atoms with van der Waals surface area (Å²) in [5.74, 6) is 0.697. The quantitative estimate of drug-likeness (QED) is 0.837. The molecule has 1 aromatic carbocycles. The van der Waals surface area contributed by atoms with Gasteiger partial charge >= 0.3 is 0 Å². The number of hydrogen-bond donors (Lipinski definition) is 2. The maximum absolute atomic E-state index is 10.4. The number of likely N-dealkylation sites (N-methyl/N-ethyl adjacent to an activating group) is 1. The van der Waals surface area contributed by atoms with Gasteiger partial charge in [0.2, 0.25) is 0 Å². The molecule has 1 unspecified atom stereocenters. The third kappa shape index (κ3) is 4.47. The maximum Gasteiger partial charge on any atom is 0.124 e. The van der Waals surface area contributed by atoms with Gasteiger partial charge in [-0.25, -0.2) is 0 Å². The van der Waals surface area contributed by atoms with E-state index in [2.05, 4.69) is 20.8 Å². The molecule has 0 aliphatic heterocycles. The zero-order valence-corrected chi connectivity index (χ0v) is 13.2. The van der Waals surface area contributed by atoms with Gasteiger partial charge in [0.05, 0.1) is 19.8 Å². The van der Waals surface area contributed by atoms with Crippen molar-refractivity contribution in [1.29, 1.82) is 0 Å².